The van der Waals surface area contributed by atoms with E-state index in [4.69, 9.17) is 16.3 Å². The molecule has 0 saturated carbocycles. The molecule has 17 heavy (non-hydrogen) atoms. The number of rotatable bonds is 3. The van der Waals surface area contributed by atoms with Gasteiger partial charge < -0.3 is 4.74 Å². The molecule has 2 heterocycles. The molecule has 2 aromatic heterocycles. The molecule has 0 amide bonds. The third kappa shape index (κ3) is 2.42. The fourth-order valence-corrected chi connectivity index (χ4v) is 1.90. The van der Waals surface area contributed by atoms with Gasteiger partial charge in [0.15, 0.2) is 0 Å². The van der Waals surface area contributed by atoms with Crippen LogP contribution in [0.15, 0.2) is 18.3 Å². The predicted molar refractivity (Wildman–Crippen MR) is 66.6 cm³/mol. The molecule has 90 valence electrons. The third-order valence-electron chi connectivity index (χ3n) is 2.52. The number of aryl methyl sites for hydroxylation is 3. The molecule has 0 atom stereocenters. The number of hydrogen-bond acceptors (Lipinski definition) is 3. The molecule has 0 radical (unpaired) electrons. The average Bonchev–Trinajstić information content (AvgIpc) is 2.57. The monoisotopic (exact) mass is 251 g/mol. The summed E-state index contributed by atoms with van der Waals surface area (Å²) < 4.78 is 7.45. The van der Waals surface area contributed by atoms with Crippen LogP contribution in [0.1, 0.15) is 17.0 Å². The predicted octanol–water partition coefficient (Wildman–Crippen LogP) is 2.96. The van der Waals surface area contributed by atoms with Crippen molar-refractivity contribution in [3.63, 3.8) is 0 Å². The number of alkyl halides is 1. The molecule has 4 nitrogen and oxygen atoms in total. The van der Waals surface area contributed by atoms with E-state index in [1.165, 1.54) is 0 Å². The van der Waals surface area contributed by atoms with Gasteiger partial charge >= 0.3 is 0 Å². The summed E-state index contributed by atoms with van der Waals surface area (Å²) in [4.78, 5) is 4.18. The van der Waals surface area contributed by atoms with Crippen LogP contribution in [0.3, 0.4) is 0 Å². The van der Waals surface area contributed by atoms with Crippen LogP contribution in [0.4, 0.5) is 0 Å². The lowest BCUT2D eigenvalue weighted by molar-refractivity contribution is 0.425. The Morgan fingerprint density at radius 2 is 2.12 bits per heavy atom. The van der Waals surface area contributed by atoms with Crippen LogP contribution in [0.5, 0.6) is 11.6 Å². The summed E-state index contributed by atoms with van der Waals surface area (Å²) in [5.74, 6) is 1.74. The van der Waals surface area contributed by atoms with Gasteiger partial charge in [-0.2, -0.15) is 5.10 Å². The standard InChI is InChI=1S/C12H14ClN3O/c1-8-4-5-10(7-14-8)17-12-11(6-13)9(2)15-16(12)3/h4-5,7H,6H2,1-3H3. The molecule has 2 aromatic rings. The summed E-state index contributed by atoms with van der Waals surface area (Å²) >= 11 is 5.89. The Morgan fingerprint density at radius 1 is 1.35 bits per heavy atom. The minimum atomic E-state index is 0.383. The lowest BCUT2D eigenvalue weighted by atomic mass is 10.3. The molecular formula is C12H14ClN3O. The smallest absolute Gasteiger partial charge is 0.222 e. The first-order chi connectivity index (χ1) is 8.11. The molecule has 0 aliphatic heterocycles. The van der Waals surface area contributed by atoms with Gasteiger partial charge in [0, 0.05) is 12.7 Å². The SMILES string of the molecule is Cc1ccc(Oc2c(CCl)c(C)nn2C)cn1. The molecule has 2 rings (SSSR count). The zero-order valence-corrected chi connectivity index (χ0v) is 10.8. The van der Waals surface area contributed by atoms with Crippen molar-refractivity contribution in [2.45, 2.75) is 19.7 Å². The van der Waals surface area contributed by atoms with Crippen LogP contribution >= 0.6 is 11.6 Å². The summed E-state index contributed by atoms with van der Waals surface area (Å²) in [7, 11) is 1.83. The van der Waals surface area contributed by atoms with Crippen molar-refractivity contribution >= 4 is 11.6 Å². The summed E-state index contributed by atoms with van der Waals surface area (Å²) in [6.45, 7) is 3.85. The second-order valence-electron chi connectivity index (χ2n) is 3.86. The summed E-state index contributed by atoms with van der Waals surface area (Å²) in [6, 6.07) is 3.78. The molecule has 0 unspecified atom stereocenters. The van der Waals surface area contributed by atoms with E-state index in [1.807, 2.05) is 33.0 Å². The Bertz CT molecular complexity index is 519. The van der Waals surface area contributed by atoms with Gasteiger partial charge in [-0.05, 0) is 26.0 Å². The first-order valence-corrected chi connectivity index (χ1v) is 5.84. The maximum atomic E-state index is 5.89. The largest absolute Gasteiger partial charge is 0.437 e. The number of ether oxygens (including phenoxy) is 1. The average molecular weight is 252 g/mol. The van der Waals surface area contributed by atoms with Crippen LogP contribution in [0.2, 0.25) is 0 Å². The van der Waals surface area contributed by atoms with Crippen molar-refractivity contribution in [2.24, 2.45) is 7.05 Å². The van der Waals surface area contributed by atoms with Gasteiger partial charge in [-0.1, -0.05) is 0 Å². The quantitative estimate of drug-likeness (QED) is 0.788. The molecular weight excluding hydrogens is 238 g/mol. The molecule has 0 fully saturated rings. The van der Waals surface area contributed by atoms with Crippen molar-refractivity contribution in [1.29, 1.82) is 0 Å². The van der Waals surface area contributed by atoms with Crippen molar-refractivity contribution in [3.8, 4) is 11.6 Å². The van der Waals surface area contributed by atoms with E-state index in [-0.39, 0.29) is 0 Å². The zero-order chi connectivity index (χ0) is 12.4. The van der Waals surface area contributed by atoms with Crippen LogP contribution in [0.25, 0.3) is 0 Å². The minimum absolute atomic E-state index is 0.383. The second kappa shape index (κ2) is 4.75. The highest BCUT2D eigenvalue weighted by Crippen LogP contribution is 2.27. The lowest BCUT2D eigenvalue weighted by Gasteiger charge is -2.07. The van der Waals surface area contributed by atoms with E-state index < -0.39 is 0 Å². The zero-order valence-electron chi connectivity index (χ0n) is 10.1. The summed E-state index contributed by atoms with van der Waals surface area (Å²) in [5, 5.41) is 4.28. The summed E-state index contributed by atoms with van der Waals surface area (Å²) in [5.41, 5.74) is 2.75. The number of hydrogen-bond donors (Lipinski definition) is 0. The van der Waals surface area contributed by atoms with E-state index in [2.05, 4.69) is 10.1 Å². The van der Waals surface area contributed by atoms with Crippen molar-refractivity contribution in [3.05, 3.63) is 35.3 Å². The third-order valence-corrected chi connectivity index (χ3v) is 2.79. The van der Waals surface area contributed by atoms with Gasteiger partial charge in [0.2, 0.25) is 5.88 Å². The lowest BCUT2D eigenvalue weighted by Crippen LogP contribution is -1.97. The Kier molecular flexibility index (Phi) is 3.33. The van der Waals surface area contributed by atoms with Gasteiger partial charge in [0.05, 0.1) is 23.3 Å². The Labute approximate surface area is 105 Å². The van der Waals surface area contributed by atoms with E-state index in [0.717, 1.165) is 17.0 Å². The highest BCUT2D eigenvalue weighted by molar-refractivity contribution is 6.17. The van der Waals surface area contributed by atoms with Crippen LogP contribution in [-0.2, 0) is 12.9 Å². The number of pyridine rings is 1. The highest BCUT2D eigenvalue weighted by atomic mass is 35.5. The molecule has 0 bridgehead atoms. The maximum absolute atomic E-state index is 5.89. The van der Waals surface area contributed by atoms with Crippen molar-refractivity contribution < 1.29 is 4.74 Å². The first-order valence-electron chi connectivity index (χ1n) is 5.30. The molecule has 0 N–H and O–H groups in total. The minimum Gasteiger partial charge on any atom is -0.437 e. The van der Waals surface area contributed by atoms with E-state index in [9.17, 15) is 0 Å². The Hall–Kier alpha value is -1.55. The molecule has 0 spiro atoms. The molecule has 0 saturated heterocycles. The second-order valence-corrected chi connectivity index (χ2v) is 4.13. The van der Waals surface area contributed by atoms with E-state index in [0.29, 0.717) is 17.5 Å². The molecule has 5 heteroatoms. The van der Waals surface area contributed by atoms with E-state index >= 15 is 0 Å². The van der Waals surface area contributed by atoms with Crippen molar-refractivity contribution in [1.82, 2.24) is 14.8 Å². The van der Waals surface area contributed by atoms with Gasteiger partial charge in [-0.3, -0.25) is 4.98 Å². The maximum Gasteiger partial charge on any atom is 0.222 e. The van der Waals surface area contributed by atoms with Crippen LogP contribution in [0, 0.1) is 13.8 Å². The number of aromatic nitrogens is 3. The number of halogens is 1. The summed E-state index contributed by atoms with van der Waals surface area (Å²) in [6.07, 6.45) is 1.69. The Balaban J connectivity index is 2.32. The normalized spacial score (nSPS) is 10.6. The highest BCUT2D eigenvalue weighted by Gasteiger charge is 2.14. The molecule has 0 aliphatic rings. The van der Waals surface area contributed by atoms with Gasteiger partial charge in [-0.25, -0.2) is 4.68 Å². The van der Waals surface area contributed by atoms with Gasteiger partial charge in [0.25, 0.3) is 0 Å². The topological polar surface area (TPSA) is 39.9 Å². The fraction of sp³-hybridized carbons (Fsp3) is 0.333. The van der Waals surface area contributed by atoms with Crippen molar-refractivity contribution in [2.75, 3.05) is 0 Å². The molecule has 0 aliphatic carbocycles. The fourth-order valence-electron chi connectivity index (χ4n) is 1.59. The van der Waals surface area contributed by atoms with Crippen LogP contribution in [-0.4, -0.2) is 14.8 Å². The van der Waals surface area contributed by atoms with E-state index in [1.54, 1.807) is 10.9 Å². The van der Waals surface area contributed by atoms with Gasteiger partial charge in [0.1, 0.15) is 5.75 Å². The first kappa shape index (κ1) is 11.9. The van der Waals surface area contributed by atoms with Crippen LogP contribution < -0.4 is 4.74 Å². The number of nitrogens with zero attached hydrogens (tertiary/aromatic N) is 3. The Morgan fingerprint density at radius 3 is 2.71 bits per heavy atom. The molecule has 0 aromatic carbocycles. The van der Waals surface area contributed by atoms with Gasteiger partial charge in [-0.15, -0.1) is 11.6 Å².